The number of fused-ring (bicyclic) bond motifs is 1. The highest BCUT2D eigenvalue weighted by molar-refractivity contribution is 9.10. The third-order valence-electron chi connectivity index (χ3n) is 5.94. The molecule has 128 valence electrons. The van der Waals surface area contributed by atoms with Gasteiger partial charge in [0.25, 0.3) is 0 Å². The second-order valence-electron chi connectivity index (χ2n) is 7.21. The Bertz CT molecular complexity index is 663. The maximum absolute atomic E-state index is 13.0. The summed E-state index contributed by atoms with van der Waals surface area (Å²) in [7, 11) is 0. The summed E-state index contributed by atoms with van der Waals surface area (Å²) in [5.74, 6) is 0.214. The van der Waals surface area contributed by atoms with Crippen LogP contribution in [0.15, 0.2) is 28.7 Å². The van der Waals surface area contributed by atoms with Crippen LogP contribution in [0.4, 0.5) is 5.69 Å². The first-order chi connectivity index (χ1) is 11.7. The molecule has 24 heavy (non-hydrogen) atoms. The third-order valence-corrected chi connectivity index (χ3v) is 6.61. The maximum Gasteiger partial charge on any atom is 0.239 e. The van der Waals surface area contributed by atoms with Crippen molar-refractivity contribution >= 4 is 33.4 Å². The van der Waals surface area contributed by atoms with Crippen LogP contribution in [0.1, 0.15) is 38.5 Å². The molecule has 2 heterocycles. The molecule has 3 fully saturated rings. The van der Waals surface area contributed by atoms with Crippen LogP contribution in [0.5, 0.6) is 0 Å². The number of hydrogen-bond acceptors (Lipinski definition) is 2. The molecule has 2 aliphatic heterocycles. The zero-order chi connectivity index (χ0) is 16.7. The Morgan fingerprint density at radius 3 is 2.67 bits per heavy atom. The van der Waals surface area contributed by atoms with Crippen LogP contribution in [0.25, 0.3) is 0 Å². The third kappa shape index (κ3) is 2.67. The predicted octanol–water partition coefficient (Wildman–Crippen LogP) is 3.59. The second kappa shape index (κ2) is 6.51. The first kappa shape index (κ1) is 16.1. The summed E-state index contributed by atoms with van der Waals surface area (Å²) in [4.78, 5) is 29.7. The molecule has 0 radical (unpaired) electrons. The molecule has 3 aliphatic rings. The van der Waals surface area contributed by atoms with Crippen molar-refractivity contribution < 1.29 is 9.59 Å². The number of rotatable bonds is 2. The number of amides is 2. The van der Waals surface area contributed by atoms with Gasteiger partial charge in [0.15, 0.2) is 0 Å². The lowest BCUT2D eigenvalue weighted by atomic mass is 9.85. The number of hydrogen-bond donors (Lipinski definition) is 0. The molecule has 5 heteroatoms. The average Bonchev–Trinajstić information content (AvgIpc) is 3.19. The van der Waals surface area contributed by atoms with Gasteiger partial charge >= 0.3 is 0 Å². The summed E-state index contributed by atoms with van der Waals surface area (Å²) in [5, 5.41) is 0. The van der Waals surface area contributed by atoms with Crippen LogP contribution >= 0.6 is 15.9 Å². The molecule has 3 unspecified atom stereocenters. The number of nitrogens with zero attached hydrogens (tertiary/aromatic N) is 2. The van der Waals surface area contributed by atoms with E-state index in [0.29, 0.717) is 24.9 Å². The number of carbonyl (C=O) groups is 2. The van der Waals surface area contributed by atoms with Crippen LogP contribution < -0.4 is 4.90 Å². The number of para-hydroxylation sites is 1. The van der Waals surface area contributed by atoms with Gasteiger partial charge in [0.05, 0.1) is 5.69 Å². The van der Waals surface area contributed by atoms with Crippen molar-refractivity contribution in [1.29, 1.82) is 0 Å². The number of benzene rings is 1. The Morgan fingerprint density at radius 2 is 1.83 bits per heavy atom. The molecule has 1 aliphatic carbocycles. The smallest absolute Gasteiger partial charge is 0.239 e. The molecule has 0 bridgehead atoms. The van der Waals surface area contributed by atoms with Gasteiger partial charge in [-0.25, -0.2) is 0 Å². The monoisotopic (exact) mass is 390 g/mol. The minimum Gasteiger partial charge on any atom is -0.339 e. The average molecular weight is 391 g/mol. The Balaban J connectivity index is 1.50. The molecule has 1 aromatic carbocycles. The molecule has 3 atom stereocenters. The van der Waals surface area contributed by atoms with Gasteiger partial charge in [0.2, 0.25) is 11.8 Å². The van der Waals surface area contributed by atoms with Crippen molar-refractivity contribution in [3.63, 3.8) is 0 Å². The molecular weight excluding hydrogens is 368 g/mol. The molecule has 1 aromatic rings. The highest BCUT2D eigenvalue weighted by atomic mass is 79.9. The van der Waals surface area contributed by atoms with Gasteiger partial charge in [-0.05, 0) is 59.7 Å². The number of carbonyl (C=O) groups excluding carboxylic acids is 2. The molecule has 1 saturated carbocycles. The van der Waals surface area contributed by atoms with Crippen molar-refractivity contribution in [1.82, 2.24) is 4.90 Å². The Kier molecular flexibility index (Phi) is 4.37. The Labute approximate surface area is 151 Å². The molecule has 0 spiro atoms. The summed E-state index contributed by atoms with van der Waals surface area (Å²) in [5.41, 5.74) is 0.870. The zero-order valence-corrected chi connectivity index (χ0v) is 15.4. The summed E-state index contributed by atoms with van der Waals surface area (Å²) >= 11 is 3.51. The van der Waals surface area contributed by atoms with E-state index in [1.807, 2.05) is 29.2 Å². The lowest BCUT2D eigenvalue weighted by molar-refractivity contribution is -0.141. The van der Waals surface area contributed by atoms with Crippen LogP contribution in [-0.4, -0.2) is 35.8 Å². The Hall–Kier alpha value is -1.36. The fourth-order valence-corrected chi connectivity index (χ4v) is 5.20. The molecule has 0 N–H and O–H groups in total. The van der Waals surface area contributed by atoms with Crippen molar-refractivity contribution in [3.8, 4) is 0 Å². The summed E-state index contributed by atoms with van der Waals surface area (Å²) in [6.45, 7) is 1.47. The van der Waals surface area contributed by atoms with E-state index in [2.05, 4.69) is 15.9 Å². The van der Waals surface area contributed by atoms with Crippen LogP contribution in [0.3, 0.4) is 0 Å². The number of halogens is 1. The van der Waals surface area contributed by atoms with Crippen molar-refractivity contribution in [2.75, 3.05) is 18.0 Å². The SMILES string of the molecule is O=C1C(C(=O)N2CCC3CCCCC32)CCN1c1ccccc1Br. The van der Waals surface area contributed by atoms with E-state index in [0.717, 1.165) is 29.5 Å². The standard InChI is InChI=1S/C19H23BrN2O2/c20-15-6-2-4-8-17(15)22-12-10-14(19(22)24)18(23)21-11-9-13-5-1-3-7-16(13)21/h2,4,6,8,13-14,16H,1,3,5,7,9-12H2. The van der Waals surface area contributed by atoms with Crippen molar-refractivity contribution in [2.24, 2.45) is 11.8 Å². The lowest BCUT2D eigenvalue weighted by Crippen LogP contribution is -2.44. The quantitative estimate of drug-likeness (QED) is 0.723. The van der Waals surface area contributed by atoms with Gasteiger partial charge < -0.3 is 9.80 Å². The highest BCUT2D eigenvalue weighted by Crippen LogP contribution is 2.38. The van der Waals surface area contributed by atoms with Gasteiger partial charge in [-0.15, -0.1) is 0 Å². The molecule has 2 amide bonds. The molecule has 0 aromatic heterocycles. The van der Waals surface area contributed by atoms with Crippen LogP contribution in [0.2, 0.25) is 0 Å². The van der Waals surface area contributed by atoms with Crippen molar-refractivity contribution in [3.05, 3.63) is 28.7 Å². The minimum absolute atomic E-state index is 0.0360. The topological polar surface area (TPSA) is 40.6 Å². The van der Waals surface area contributed by atoms with Gasteiger partial charge in [-0.2, -0.15) is 0 Å². The van der Waals surface area contributed by atoms with E-state index < -0.39 is 5.92 Å². The van der Waals surface area contributed by atoms with E-state index in [1.54, 1.807) is 4.90 Å². The van der Waals surface area contributed by atoms with Crippen LogP contribution in [0, 0.1) is 11.8 Å². The first-order valence-electron chi connectivity index (χ1n) is 9.03. The van der Waals surface area contributed by atoms with Gasteiger partial charge in [-0.3, -0.25) is 9.59 Å². The lowest BCUT2D eigenvalue weighted by Gasteiger charge is -2.32. The summed E-state index contributed by atoms with van der Waals surface area (Å²) in [6, 6.07) is 8.11. The van der Waals surface area contributed by atoms with Gasteiger partial charge in [0.1, 0.15) is 5.92 Å². The molecule has 4 nitrogen and oxygen atoms in total. The van der Waals surface area contributed by atoms with Gasteiger partial charge in [-0.1, -0.05) is 25.0 Å². The van der Waals surface area contributed by atoms with E-state index in [-0.39, 0.29) is 11.8 Å². The van der Waals surface area contributed by atoms with E-state index in [9.17, 15) is 9.59 Å². The van der Waals surface area contributed by atoms with Crippen LogP contribution in [-0.2, 0) is 9.59 Å². The largest absolute Gasteiger partial charge is 0.339 e. The Morgan fingerprint density at radius 1 is 1.04 bits per heavy atom. The second-order valence-corrected chi connectivity index (χ2v) is 8.07. The summed E-state index contributed by atoms with van der Waals surface area (Å²) in [6.07, 6.45) is 6.62. The first-order valence-corrected chi connectivity index (χ1v) is 9.82. The highest BCUT2D eigenvalue weighted by Gasteiger charge is 2.45. The predicted molar refractivity (Wildman–Crippen MR) is 96.7 cm³/mol. The van der Waals surface area contributed by atoms with Gasteiger partial charge in [0, 0.05) is 23.6 Å². The number of likely N-dealkylation sites (tertiary alicyclic amines) is 1. The molecule has 4 rings (SSSR count). The van der Waals surface area contributed by atoms with E-state index >= 15 is 0 Å². The zero-order valence-electron chi connectivity index (χ0n) is 13.8. The maximum atomic E-state index is 13.0. The van der Waals surface area contributed by atoms with E-state index in [1.165, 1.54) is 19.3 Å². The number of anilines is 1. The van der Waals surface area contributed by atoms with Crippen molar-refractivity contribution in [2.45, 2.75) is 44.6 Å². The molecule has 2 saturated heterocycles. The summed E-state index contributed by atoms with van der Waals surface area (Å²) < 4.78 is 0.903. The minimum atomic E-state index is -0.488. The van der Waals surface area contributed by atoms with E-state index in [4.69, 9.17) is 0 Å². The normalized spacial score (nSPS) is 29.9. The fraction of sp³-hybridized carbons (Fsp3) is 0.579. The fourth-order valence-electron chi connectivity index (χ4n) is 4.70. The molecular formula is C19H23BrN2O2.